The lowest BCUT2D eigenvalue weighted by Crippen LogP contribution is -2.45. The number of nitrogens with zero attached hydrogens (tertiary/aromatic N) is 6. The molecule has 0 saturated carbocycles. The standard InChI is InChI=1S/C36H33BN6/c1-22-28-19-16-25-10-4-7-13-31(25)34(28)38-41(22)37(42-23(2)29-20-17-26-11-5-8-14-32(26)35(29)39-42)43-24(3)30-21-18-27-12-6-9-15-33(27)36(30)40-43/h4-15H,16-21H2,1-3H3/q-1. The summed E-state index contributed by atoms with van der Waals surface area (Å²) in [5.41, 5.74) is 18.8. The van der Waals surface area contributed by atoms with E-state index in [1.54, 1.807) is 0 Å². The molecule has 3 aliphatic carbocycles. The Morgan fingerprint density at radius 2 is 0.744 bits per heavy atom. The molecule has 0 amide bonds. The van der Waals surface area contributed by atoms with Crippen LogP contribution in [-0.4, -0.2) is 36.2 Å². The first kappa shape index (κ1) is 24.9. The minimum Gasteiger partial charge on any atom is -0.422 e. The number of fused-ring (bicyclic) bond motifs is 9. The van der Waals surface area contributed by atoms with Gasteiger partial charge in [0.1, 0.15) is 0 Å². The van der Waals surface area contributed by atoms with E-state index in [-0.39, 0.29) is 7.12 Å². The molecule has 7 heteroatoms. The molecule has 6 aromatic rings. The monoisotopic (exact) mass is 560 g/mol. The van der Waals surface area contributed by atoms with Gasteiger partial charge in [-0.25, -0.2) is 15.3 Å². The van der Waals surface area contributed by atoms with Gasteiger partial charge in [-0.2, -0.15) is 0 Å². The Bertz CT molecular complexity index is 1860. The van der Waals surface area contributed by atoms with Crippen molar-refractivity contribution in [2.24, 2.45) is 0 Å². The lowest BCUT2D eigenvalue weighted by atomic mass is 9.87. The SMILES string of the molecule is Cc1c2c(nn1[B-](n1nc3c(c1C)CCc1ccccc1-3)n1nc3c(c1C)CCc1ccccc1-3)-c1ccccc1CC2. The minimum absolute atomic E-state index is 0.353. The largest absolute Gasteiger partial charge is 0.422 e. The zero-order valence-corrected chi connectivity index (χ0v) is 24.9. The normalized spacial score (nSPS) is 14.5. The molecule has 9 rings (SSSR count). The zero-order valence-electron chi connectivity index (χ0n) is 24.9. The molecule has 0 aliphatic heterocycles. The molecule has 3 aromatic carbocycles. The van der Waals surface area contributed by atoms with Gasteiger partial charge in [0.05, 0.1) is 17.1 Å². The van der Waals surface area contributed by atoms with Crippen molar-refractivity contribution in [3.05, 3.63) is 123 Å². The molecule has 211 valence electrons. The third-order valence-corrected chi connectivity index (χ3v) is 10.2. The van der Waals surface area contributed by atoms with Crippen LogP contribution in [0, 0.1) is 20.8 Å². The fourth-order valence-electron chi connectivity index (χ4n) is 7.88. The van der Waals surface area contributed by atoms with Crippen LogP contribution < -0.4 is 0 Å². The van der Waals surface area contributed by atoms with E-state index in [0.717, 1.165) is 55.6 Å². The first-order valence-corrected chi connectivity index (χ1v) is 15.6. The predicted molar refractivity (Wildman–Crippen MR) is 171 cm³/mol. The van der Waals surface area contributed by atoms with E-state index in [1.165, 1.54) is 67.2 Å². The summed E-state index contributed by atoms with van der Waals surface area (Å²) in [6.45, 7) is 6.69. The van der Waals surface area contributed by atoms with Crippen LogP contribution in [0.2, 0.25) is 0 Å². The van der Waals surface area contributed by atoms with Gasteiger partial charge in [-0.05, 0) is 110 Å². The second-order valence-electron chi connectivity index (χ2n) is 12.4. The molecule has 0 atom stereocenters. The van der Waals surface area contributed by atoms with Crippen LogP contribution in [0.1, 0.15) is 50.5 Å². The fraction of sp³-hybridized carbons (Fsp3) is 0.250. The number of hydrogen-bond acceptors (Lipinski definition) is 3. The summed E-state index contributed by atoms with van der Waals surface area (Å²) in [6, 6.07) is 26.2. The van der Waals surface area contributed by atoms with Crippen LogP contribution in [0.3, 0.4) is 0 Å². The smallest absolute Gasteiger partial charge is 0.261 e. The highest BCUT2D eigenvalue weighted by molar-refractivity contribution is 6.53. The molecule has 43 heavy (non-hydrogen) atoms. The lowest BCUT2D eigenvalue weighted by Gasteiger charge is -2.34. The maximum atomic E-state index is 5.42. The quantitative estimate of drug-likeness (QED) is 0.235. The fourth-order valence-corrected chi connectivity index (χ4v) is 7.88. The van der Waals surface area contributed by atoms with E-state index in [0.29, 0.717) is 0 Å². The van der Waals surface area contributed by atoms with E-state index >= 15 is 0 Å². The average molecular weight is 561 g/mol. The number of benzene rings is 3. The highest BCUT2D eigenvalue weighted by Crippen LogP contribution is 2.38. The van der Waals surface area contributed by atoms with Crippen molar-refractivity contribution in [2.45, 2.75) is 59.3 Å². The third kappa shape index (κ3) is 3.51. The van der Waals surface area contributed by atoms with Crippen LogP contribution >= 0.6 is 0 Å². The van der Waals surface area contributed by atoms with Crippen molar-refractivity contribution in [3.63, 3.8) is 0 Å². The molecule has 1 radical (unpaired) electrons. The van der Waals surface area contributed by atoms with E-state index in [2.05, 4.69) is 107 Å². The van der Waals surface area contributed by atoms with Gasteiger partial charge in [-0.3, -0.25) is 0 Å². The van der Waals surface area contributed by atoms with Crippen molar-refractivity contribution < 1.29 is 0 Å². The zero-order chi connectivity index (χ0) is 28.8. The Balaban J connectivity index is 1.30. The third-order valence-electron chi connectivity index (χ3n) is 10.2. The van der Waals surface area contributed by atoms with Gasteiger partial charge in [0.25, 0.3) is 7.12 Å². The van der Waals surface area contributed by atoms with Crippen LogP contribution in [-0.2, 0) is 38.5 Å². The Kier molecular flexibility index (Phi) is 5.31. The number of aryl methyl sites for hydroxylation is 3. The van der Waals surface area contributed by atoms with E-state index < -0.39 is 0 Å². The summed E-state index contributed by atoms with van der Waals surface area (Å²) in [5.74, 6) is 0. The van der Waals surface area contributed by atoms with E-state index in [9.17, 15) is 0 Å². The van der Waals surface area contributed by atoms with Gasteiger partial charge in [-0.15, -0.1) is 0 Å². The van der Waals surface area contributed by atoms with Gasteiger partial charge in [0, 0.05) is 16.7 Å². The maximum Gasteiger partial charge on any atom is 0.261 e. The van der Waals surface area contributed by atoms with Gasteiger partial charge in [-0.1, -0.05) is 72.8 Å². The second kappa shape index (κ2) is 9.18. The summed E-state index contributed by atoms with van der Waals surface area (Å²) >= 11 is 0. The second-order valence-corrected chi connectivity index (χ2v) is 12.4. The predicted octanol–water partition coefficient (Wildman–Crippen LogP) is 6.43. The molecule has 0 saturated heterocycles. The maximum absolute atomic E-state index is 5.42. The van der Waals surface area contributed by atoms with Gasteiger partial charge in [0.15, 0.2) is 0 Å². The van der Waals surface area contributed by atoms with Crippen LogP contribution in [0.5, 0.6) is 0 Å². The van der Waals surface area contributed by atoms with Gasteiger partial charge in [0.2, 0.25) is 0 Å². The highest BCUT2D eigenvalue weighted by atomic mass is 15.5. The molecule has 0 spiro atoms. The molecule has 0 fully saturated rings. The topological polar surface area (TPSA) is 53.5 Å². The molecular formula is C36H33BN6-. The summed E-state index contributed by atoms with van der Waals surface area (Å²) in [7, 11) is -0.353. The first-order chi connectivity index (χ1) is 21.1. The first-order valence-electron chi connectivity index (χ1n) is 15.6. The Morgan fingerprint density at radius 3 is 1.07 bits per heavy atom. The van der Waals surface area contributed by atoms with E-state index in [1.807, 2.05) is 0 Å². The molecule has 6 nitrogen and oxygen atoms in total. The molecule has 0 bridgehead atoms. The number of aromatic nitrogens is 6. The van der Waals surface area contributed by atoms with Crippen molar-refractivity contribution in [1.29, 1.82) is 0 Å². The van der Waals surface area contributed by atoms with Crippen molar-refractivity contribution in [3.8, 4) is 33.8 Å². The highest BCUT2D eigenvalue weighted by Gasteiger charge is 2.30. The van der Waals surface area contributed by atoms with Crippen molar-refractivity contribution in [2.75, 3.05) is 0 Å². The molecule has 3 heterocycles. The summed E-state index contributed by atoms with van der Waals surface area (Å²) in [5, 5.41) is 16.3. The summed E-state index contributed by atoms with van der Waals surface area (Å²) < 4.78 is 6.63. The minimum atomic E-state index is -0.353. The Hall–Kier alpha value is -4.65. The molecule has 0 unspecified atom stereocenters. The summed E-state index contributed by atoms with van der Waals surface area (Å²) in [6.07, 6.45) is 6.10. The number of rotatable bonds is 3. The van der Waals surface area contributed by atoms with Gasteiger partial charge < -0.3 is 13.8 Å². The van der Waals surface area contributed by atoms with Crippen LogP contribution in [0.4, 0.5) is 0 Å². The Morgan fingerprint density at radius 1 is 0.442 bits per heavy atom. The summed E-state index contributed by atoms with van der Waals surface area (Å²) in [4.78, 5) is 0. The van der Waals surface area contributed by atoms with Crippen molar-refractivity contribution >= 4 is 7.12 Å². The number of hydrogen-bond donors (Lipinski definition) is 0. The van der Waals surface area contributed by atoms with Crippen LogP contribution in [0.25, 0.3) is 33.8 Å². The van der Waals surface area contributed by atoms with Crippen molar-refractivity contribution in [1.82, 2.24) is 29.1 Å². The molecule has 0 N–H and O–H groups in total. The molecule has 3 aromatic heterocycles. The van der Waals surface area contributed by atoms with Gasteiger partial charge >= 0.3 is 0 Å². The molecule has 3 aliphatic rings. The average Bonchev–Trinajstić information content (AvgIpc) is 3.69. The van der Waals surface area contributed by atoms with Crippen LogP contribution in [0.15, 0.2) is 72.8 Å². The molecular weight excluding hydrogens is 527 g/mol. The Labute approximate surface area is 252 Å². The van der Waals surface area contributed by atoms with E-state index in [4.69, 9.17) is 15.3 Å². The lowest BCUT2D eigenvalue weighted by molar-refractivity contribution is 0.740.